The summed E-state index contributed by atoms with van der Waals surface area (Å²) in [5.74, 6) is -0.385. The first-order valence-corrected chi connectivity index (χ1v) is 7.19. The van der Waals surface area contributed by atoms with Crippen molar-refractivity contribution < 1.29 is 14.3 Å². The average molecular weight is 311 g/mol. The number of carbonyl (C=O) groups excluding carboxylic acids is 2. The second-order valence-corrected chi connectivity index (χ2v) is 5.64. The van der Waals surface area contributed by atoms with E-state index in [4.69, 9.17) is 16.3 Å². The van der Waals surface area contributed by atoms with Crippen LogP contribution in [0.4, 0.5) is 0 Å². The number of halogens is 1. The van der Waals surface area contributed by atoms with Crippen LogP contribution in [0.1, 0.15) is 18.1 Å². The topological polar surface area (TPSA) is 58.6 Å². The molecular formula is C15H19ClN2O3. The van der Waals surface area contributed by atoms with E-state index in [1.807, 2.05) is 18.2 Å². The van der Waals surface area contributed by atoms with Gasteiger partial charge in [-0.05, 0) is 17.7 Å². The second-order valence-electron chi connectivity index (χ2n) is 5.20. The van der Waals surface area contributed by atoms with E-state index >= 15 is 0 Å². The molecule has 1 heterocycles. The minimum Gasteiger partial charge on any atom is -0.375 e. The molecule has 2 atom stereocenters. The number of hydrogen-bond donors (Lipinski definition) is 1. The highest BCUT2D eigenvalue weighted by molar-refractivity contribution is 6.30. The summed E-state index contributed by atoms with van der Waals surface area (Å²) in [7, 11) is 3.30. The first kappa shape index (κ1) is 15.8. The molecule has 5 nitrogen and oxygen atoms in total. The number of methoxy groups -OCH3 is 1. The zero-order valence-electron chi connectivity index (χ0n) is 12.1. The van der Waals surface area contributed by atoms with Gasteiger partial charge in [0.25, 0.3) is 0 Å². The summed E-state index contributed by atoms with van der Waals surface area (Å²) in [5, 5.41) is 3.48. The number of nitrogens with zero attached hydrogens (tertiary/aromatic N) is 1. The Labute approximate surface area is 129 Å². The molecule has 0 aliphatic carbocycles. The summed E-state index contributed by atoms with van der Waals surface area (Å²) < 4.78 is 5.40. The Morgan fingerprint density at radius 1 is 1.57 bits per heavy atom. The van der Waals surface area contributed by atoms with Crippen LogP contribution in [0.5, 0.6) is 0 Å². The summed E-state index contributed by atoms with van der Waals surface area (Å²) >= 11 is 5.96. The summed E-state index contributed by atoms with van der Waals surface area (Å²) in [6.07, 6.45) is 0.0134. The van der Waals surface area contributed by atoms with Gasteiger partial charge in [-0.1, -0.05) is 23.7 Å². The molecule has 0 unspecified atom stereocenters. The third-order valence-corrected chi connectivity index (χ3v) is 3.91. The van der Waals surface area contributed by atoms with Crippen molar-refractivity contribution in [3.8, 4) is 0 Å². The van der Waals surface area contributed by atoms with E-state index in [2.05, 4.69) is 5.32 Å². The maximum Gasteiger partial charge on any atom is 0.225 e. The van der Waals surface area contributed by atoms with Crippen LogP contribution in [-0.4, -0.2) is 44.0 Å². The normalized spacial score (nSPS) is 19.7. The number of hydrogen-bond acceptors (Lipinski definition) is 3. The third kappa shape index (κ3) is 3.95. The number of ether oxygens (including phenoxy) is 1. The molecular weight excluding hydrogens is 292 g/mol. The van der Waals surface area contributed by atoms with Gasteiger partial charge < -0.3 is 15.0 Å². The van der Waals surface area contributed by atoms with Crippen molar-refractivity contribution in [3.63, 3.8) is 0 Å². The molecule has 1 fully saturated rings. The zero-order valence-corrected chi connectivity index (χ0v) is 12.9. The van der Waals surface area contributed by atoms with Crippen LogP contribution in [0.2, 0.25) is 5.02 Å². The molecule has 1 N–H and O–H groups in total. The Morgan fingerprint density at radius 3 is 2.90 bits per heavy atom. The fourth-order valence-corrected chi connectivity index (χ4v) is 2.62. The van der Waals surface area contributed by atoms with Gasteiger partial charge in [-0.15, -0.1) is 0 Å². The van der Waals surface area contributed by atoms with Gasteiger partial charge in [0.2, 0.25) is 11.8 Å². The Hall–Kier alpha value is -1.59. The summed E-state index contributed by atoms with van der Waals surface area (Å²) in [4.78, 5) is 25.1. The van der Waals surface area contributed by atoms with Crippen molar-refractivity contribution in [3.05, 3.63) is 34.9 Å². The third-order valence-electron chi connectivity index (χ3n) is 3.68. The highest BCUT2D eigenvalue weighted by Gasteiger charge is 2.32. The molecule has 2 amide bonds. The summed E-state index contributed by atoms with van der Waals surface area (Å²) in [6.45, 7) is 0.823. The summed E-state index contributed by atoms with van der Waals surface area (Å²) in [6, 6.07) is 7.35. The van der Waals surface area contributed by atoms with E-state index in [1.54, 1.807) is 25.1 Å². The number of benzene rings is 1. The lowest BCUT2D eigenvalue weighted by molar-refractivity contribution is -0.128. The Morgan fingerprint density at radius 2 is 2.33 bits per heavy atom. The van der Waals surface area contributed by atoms with Gasteiger partial charge >= 0.3 is 0 Å². The molecule has 21 heavy (non-hydrogen) atoms. The van der Waals surface area contributed by atoms with E-state index < -0.39 is 0 Å². The molecule has 0 radical (unpaired) electrons. The lowest BCUT2D eigenvalue weighted by atomic mass is 10.1. The van der Waals surface area contributed by atoms with Crippen LogP contribution in [0.15, 0.2) is 24.3 Å². The first-order valence-electron chi connectivity index (χ1n) is 6.81. The van der Waals surface area contributed by atoms with Crippen LogP contribution < -0.4 is 5.32 Å². The van der Waals surface area contributed by atoms with E-state index in [-0.39, 0.29) is 30.3 Å². The molecule has 6 heteroatoms. The molecule has 0 spiro atoms. The molecule has 0 aromatic heterocycles. The molecule has 1 aromatic carbocycles. The van der Waals surface area contributed by atoms with Crippen molar-refractivity contribution in [2.45, 2.75) is 12.5 Å². The molecule has 2 rings (SSSR count). The van der Waals surface area contributed by atoms with Gasteiger partial charge in [0.1, 0.15) is 0 Å². The van der Waals surface area contributed by atoms with Gasteiger partial charge in [-0.3, -0.25) is 9.59 Å². The molecule has 1 aromatic rings. The Balaban J connectivity index is 1.91. The maximum atomic E-state index is 12.1. The predicted octanol–water partition coefficient (Wildman–Crippen LogP) is 1.62. The fourth-order valence-electron chi connectivity index (χ4n) is 2.42. The SMILES string of the molecule is CO[C@@H](CNC(=O)[C@@H]1CC(=O)N(C)C1)c1cccc(Cl)c1. The minimum atomic E-state index is -0.278. The van der Waals surface area contributed by atoms with Gasteiger partial charge in [-0.2, -0.15) is 0 Å². The molecule has 0 bridgehead atoms. The van der Waals surface area contributed by atoms with Crippen LogP contribution in [0.3, 0.4) is 0 Å². The quantitative estimate of drug-likeness (QED) is 0.899. The molecule has 114 valence electrons. The van der Waals surface area contributed by atoms with Gasteiger partial charge in [-0.25, -0.2) is 0 Å². The first-order chi connectivity index (χ1) is 10.0. The fraction of sp³-hybridized carbons (Fsp3) is 0.467. The molecule has 1 aliphatic heterocycles. The van der Waals surface area contributed by atoms with Crippen molar-refractivity contribution in [1.82, 2.24) is 10.2 Å². The number of rotatable bonds is 5. The number of nitrogens with one attached hydrogen (secondary N) is 1. The number of likely N-dealkylation sites (tertiary alicyclic amines) is 1. The van der Waals surface area contributed by atoms with Crippen molar-refractivity contribution in [2.24, 2.45) is 5.92 Å². The van der Waals surface area contributed by atoms with Crippen LogP contribution in [-0.2, 0) is 14.3 Å². The minimum absolute atomic E-state index is 0.00767. The van der Waals surface area contributed by atoms with Crippen molar-refractivity contribution in [2.75, 3.05) is 27.2 Å². The number of carbonyl (C=O) groups is 2. The lowest BCUT2D eigenvalue weighted by Gasteiger charge is -2.18. The number of amides is 2. The largest absolute Gasteiger partial charge is 0.375 e. The highest BCUT2D eigenvalue weighted by Crippen LogP contribution is 2.20. The van der Waals surface area contributed by atoms with Crippen LogP contribution in [0.25, 0.3) is 0 Å². The van der Waals surface area contributed by atoms with Gasteiger partial charge in [0.15, 0.2) is 0 Å². The molecule has 1 saturated heterocycles. The van der Waals surface area contributed by atoms with E-state index in [9.17, 15) is 9.59 Å². The van der Waals surface area contributed by atoms with Crippen molar-refractivity contribution >= 4 is 23.4 Å². The van der Waals surface area contributed by atoms with Crippen molar-refractivity contribution in [1.29, 1.82) is 0 Å². The monoisotopic (exact) mass is 310 g/mol. The smallest absolute Gasteiger partial charge is 0.225 e. The highest BCUT2D eigenvalue weighted by atomic mass is 35.5. The van der Waals surface area contributed by atoms with Gasteiger partial charge in [0.05, 0.1) is 12.0 Å². The summed E-state index contributed by atoms with van der Waals surface area (Å²) in [5.41, 5.74) is 0.907. The Kier molecular flexibility index (Phi) is 5.20. The van der Waals surface area contributed by atoms with Crippen LogP contribution in [0, 0.1) is 5.92 Å². The lowest BCUT2D eigenvalue weighted by Crippen LogP contribution is -2.35. The zero-order chi connectivity index (χ0) is 15.4. The van der Waals surface area contributed by atoms with E-state index in [0.29, 0.717) is 18.1 Å². The van der Waals surface area contributed by atoms with Crippen LogP contribution >= 0.6 is 11.6 Å². The van der Waals surface area contributed by atoms with E-state index in [0.717, 1.165) is 5.56 Å². The second kappa shape index (κ2) is 6.91. The van der Waals surface area contributed by atoms with Gasteiger partial charge in [0, 0.05) is 38.7 Å². The predicted molar refractivity (Wildman–Crippen MR) is 80.0 cm³/mol. The Bertz CT molecular complexity index is 535. The standard InChI is InChI=1S/C15H19ClN2O3/c1-18-9-11(7-14(18)19)15(20)17-8-13(21-2)10-4-3-5-12(16)6-10/h3-6,11,13H,7-9H2,1-2H3,(H,17,20)/t11-,13+/m1/s1. The maximum absolute atomic E-state index is 12.1. The molecule has 0 saturated carbocycles. The molecule has 1 aliphatic rings. The van der Waals surface area contributed by atoms with E-state index in [1.165, 1.54) is 0 Å². The average Bonchev–Trinajstić information content (AvgIpc) is 2.79.